The molecule has 5 nitrogen and oxygen atoms in total. The van der Waals surface area contributed by atoms with Gasteiger partial charge in [0.15, 0.2) is 11.5 Å². The van der Waals surface area contributed by atoms with E-state index in [0.717, 1.165) is 23.5 Å². The number of benzene rings is 1. The predicted molar refractivity (Wildman–Crippen MR) is 93.3 cm³/mol. The van der Waals surface area contributed by atoms with Crippen LogP contribution in [-0.2, 0) is 9.53 Å². The molecule has 1 saturated heterocycles. The molecule has 0 bridgehead atoms. The second-order valence-electron chi connectivity index (χ2n) is 5.36. The standard InChI is InChI=1S/C17H23NO4S/c1-20-14-6-4-13(10-15(14)21-2)5-7-16(19)18-11-17(22-3)8-9-23-12-17/h4-7,10H,8-9,11-12H2,1-3H3,(H,18,19)/b7-5+/t17-/m1/s1. The highest BCUT2D eigenvalue weighted by Gasteiger charge is 2.34. The van der Waals surface area contributed by atoms with Crippen molar-refractivity contribution in [3.63, 3.8) is 0 Å². The lowest BCUT2D eigenvalue weighted by atomic mass is 10.0. The number of ether oxygens (including phenoxy) is 3. The van der Waals surface area contributed by atoms with Gasteiger partial charge >= 0.3 is 0 Å². The van der Waals surface area contributed by atoms with Gasteiger partial charge in [-0.05, 0) is 35.9 Å². The highest BCUT2D eigenvalue weighted by molar-refractivity contribution is 7.99. The highest BCUT2D eigenvalue weighted by atomic mass is 32.2. The molecule has 1 amide bonds. The van der Waals surface area contributed by atoms with Crippen molar-refractivity contribution < 1.29 is 19.0 Å². The number of amides is 1. The van der Waals surface area contributed by atoms with Gasteiger partial charge in [-0.15, -0.1) is 0 Å². The van der Waals surface area contributed by atoms with Gasteiger partial charge in [-0.25, -0.2) is 0 Å². The lowest BCUT2D eigenvalue weighted by Crippen LogP contribution is -2.44. The minimum atomic E-state index is -0.225. The molecule has 126 valence electrons. The first-order valence-corrected chi connectivity index (χ1v) is 8.59. The fourth-order valence-electron chi connectivity index (χ4n) is 2.40. The fraction of sp³-hybridized carbons (Fsp3) is 0.471. The fourth-order valence-corrected chi connectivity index (χ4v) is 3.79. The maximum absolute atomic E-state index is 12.0. The van der Waals surface area contributed by atoms with Crippen LogP contribution in [0.25, 0.3) is 6.08 Å². The lowest BCUT2D eigenvalue weighted by molar-refractivity contribution is -0.117. The normalized spacial score (nSPS) is 20.7. The van der Waals surface area contributed by atoms with E-state index in [0.29, 0.717) is 18.0 Å². The number of nitrogens with one attached hydrogen (secondary N) is 1. The molecule has 0 spiro atoms. The summed E-state index contributed by atoms with van der Waals surface area (Å²) in [5.41, 5.74) is 0.646. The molecule has 0 saturated carbocycles. The number of thioether (sulfide) groups is 1. The molecule has 0 aromatic heterocycles. The van der Waals surface area contributed by atoms with Crippen LogP contribution in [0.4, 0.5) is 0 Å². The molecule has 0 radical (unpaired) electrons. The van der Waals surface area contributed by atoms with Crippen molar-refractivity contribution in [2.45, 2.75) is 12.0 Å². The number of carbonyl (C=O) groups is 1. The first-order valence-electron chi connectivity index (χ1n) is 7.43. The molecule has 1 aromatic rings. The molecule has 6 heteroatoms. The van der Waals surface area contributed by atoms with Gasteiger partial charge < -0.3 is 19.5 Å². The summed E-state index contributed by atoms with van der Waals surface area (Å²) >= 11 is 1.85. The van der Waals surface area contributed by atoms with Gasteiger partial charge in [-0.2, -0.15) is 11.8 Å². The molecule has 1 aliphatic rings. The third-order valence-electron chi connectivity index (χ3n) is 3.92. The lowest BCUT2D eigenvalue weighted by Gasteiger charge is -2.26. The maximum atomic E-state index is 12.0. The third-order valence-corrected chi connectivity index (χ3v) is 5.14. The Morgan fingerprint density at radius 3 is 2.70 bits per heavy atom. The SMILES string of the molecule is COc1ccc(/C=C/C(=O)NC[C@]2(OC)CCSC2)cc1OC. The second-order valence-corrected chi connectivity index (χ2v) is 6.46. The summed E-state index contributed by atoms with van der Waals surface area (Å²) in [6, 6.07) is 5.51. The second kappa shape index (κ2) is 8.26. The number of rotatable bonds is 7. The van der Waals surface area contributed by atoms with Crippen molar-refractivity contribution >= 4 is 23.7 Å². The summed E-state index contributed by atoms with van der Waals surface area (Å²) in [5.74, 6) is 3.16. The monoisotopic (exact) mass is 337 g/mol. The quantitative estimate of drug-likeness (QED) is 0.774. The molecule has 1 atom stereocenters. The number of methoxy groups -OCH3 is 3. The van der Waals surface area contributed by atoms with Gasteiger partial charge in [-0.1, -0.05) is 6.07 Å². The van der Waals surface area contributed by atoms with Gasteiger partial charge in [0.1, 0.15) is 0 Å². The van der Waals surface area contributed by atoms with E-state index < -0.39 is 0 Å². The minimum Gasteiger partial charge on any atom is -0.493 e. The predicted octanol–water partition coefficient (Wildman–Crippen LogP) is 2.36. The number of carbonyl (C=O) groups excluding carboxylic acids is 1. The Bertz CT molecular complexity index is 568. The molecule has 1 heterocycles. The van der Waals surface area contributed by atoms with Crippen LogP contribution < -0.4 is 14.8 Å². The van der Waals surface area contributed by atoms with E-state index in [1.807, 2.05) is 30.0 Å². The van der Waals surface area contributed by atoms with E-state index in [2.05, 4.69) is 5.32 Å². The summed E-state index contributed by atoms with van der Waals surface area (Å²) in [7, 11) is 4.88. The number of hydrogen-bond acceptors (Lipinski definition) is 5. The molecular formula is C17H23NO4S. The van der Waals surface area contributed by atoms with E-state index >= 15 is 0 Å². The highest BCUT2D eigenvalue weighted by Crippen LogP contribution is 2.30. The van der Waals surface area contributed by atoms with Crippen LogP contribution in [0.5, 0.6) is 11.5 Å². The average Bonchev–Trinajstić information content (AvgIpc) is 3.07. The van der Waals surface area contributed by atoms with E-state index in [1.54, 1.807) is 27.4 Å². The van der Waals surface area contributed by atoms with Crippen molar-refractivity contribution in [2.75, 3.05) is 39.4 Å². The Morgan fingerprint density at radius 1 is 1.30 bits per heavy atom. The van der Waals surface area contributed by atoms with E-state index in [-0.39, 0.29) is 11.5 Å². The minimum absolute atomic E-state index is 0.131. The Morgan fingerprint density at radius 2 is 2.09 bits per heavy atom. The molecule has 1 fully saturated rings. The van der Waals surface area contributed by atoms with Crippen LogP contribution in [0.1, 0.15) is 12.0 Å². The van der Waals surface area contributed by atoms with Crippen molar-refractivity contribution in [3.8, 4) is 11.5 Å². The van der Waals surface area contributed by atoms with Crippen LogP contribution in [-0.4, -0.2) is 50.9 Å². The maximum Gasteiger partial charge on any atom is 0.244 e. The van der Waals surface area contributed by atoms with Gasteiger partial charge in [0, 0.05) is 25.5 Å². The molecule has 1 aliphatic heterocycles. The summed E-state index contributed by atoms with van der Waals surface area (Å²) in [6.45, 7) is 0.533. The van der Waals surface area contributed by atoms with Crippen LogP contribution in [0.15, 0.2) is 24.3 Å². The first-order chi connectivity index (χ1) is 11.1. The van der Waals surface area contributed by atoms with Gasteiger partial charge in [0.25, 0.3) is 0 Å². The van der Waals surface area contributed by atoms with Gasteiger partial charge in [-0.3, -0.25) is 4.79 Å². The van der Waals surface area contributed by atoms with Crippen LogP contribution in [0.3, 0.4) is 0 Å². The van der Waals surface area contributed by atoms with E-state index in [4.69, 9.17) is 14.2 Å². The molecule has 1 aromatic carbocycles. The first kappa shape index (κ1) is 17.7. The smallest absolute Gasteiger partial charge is 0.244 e. The van der Waals surface area contributed by atoms with Crippen molar-refractivity contribution in [1.82, 2.24) is 5.32 Å². The van der Waals surface area contributed by atoms with Crippen molar-refractivity contribution in [3.05, 3.63) is 29.8 Å². The van der Waals surface area contributed by atoms with Gasteiger partial charge in [0.05, 0.1) is 19.8 Å². The zero-order valence-corrected chi connectivity index (χ0v) is 14.6. The Hall–Kier alpha value is -1.66. The molecule has 2 rings (SSSR count). The van der Waals surface area contributed by atoms with E-state index in [9.17, 15) is 4.79 Å². The molecule has 0 unspecified atom stereocenters. The summed E-state index contributed by atoms with van der Waals surface area (Å²) in [5, 5.41) is 2.92. The third kappa shape index (κ3) is 4.65. The van der Waals surface area contributed by atoms with E-state index in [1.165, 1.54) is 6.08 Å². The van der Waals surface area contributed by atoms with Crippen LogP contribution in [0, 0.1) is 0 Å². The molecule has 23 heavy (non-hydrogen) atoms. The Kier molecular flexibility index (Phi) is 6.36. The summed E-state index contributed by atoms with van der Waals surface area (Å²) in [4.78, 5) is 12.0. The van der Waals surface area contributed by atoms with Crippen LogP contribution in [0.2, 0.25) is 0 Å². The zero-order valence-electron chi connectivity index (χ0n) is 13.8. The summed E-state index contributed by atoms with van der Waals surface area (Å²) in [6.07, 6.45) is 4.24. The van der Waals surface area contributed by atoms with Crippen LogP contribution >= 0.6 is 11.8 Å². The topological polar surface area (TPSA) is 56.8 Å². The zero-order chi connectivity index (χ0) is 16.7. The van der Waals surface area contributed by atoms with Crippen molar-refractivity contribution in [2.24, 2.45) is 0 Å². The summed E-state index contributed by atoms with van der Waals surface area (Å²) < 4.78 is 16.0. The molecule has 1 N–H and O–H groups in total. The Balaban J connectivity index is 1.93. The molecular weight excluding hydrogens is 314 g/mol. The number of hydrogen-bond donors (Lipinski definition) is 1. The average molecular weight is 337 g/mol. The Labute approximate surface area is 141 Å². The van der Waals surface area contributed by atoms with Crippen molar-refractivity contribution in [1.29, 1.82) is 0 Å². The molecule has 0 aliphatic carbocycles. The largest absolute Gasteiger partial charge is 0.493 e. The van der Waals surface area contributed by atoms with Gasteiger partial charge in [0.2, 0.25) is 5.91 Å².